The number of rotatable bonds is 2. The Morgan fingerprint density at radius 3 is 3.00 bits per heavy atom. The normalized spacial score (nSPS) is 44.7. The first-order valence-electron chi connectivity index (χ1n) is 4.65. The van der Waals surface area contributed by atoms with Gasteiger partial charge in [0.05, 0.1) is 0 Å². The Balaban J connectivity index is 1.83. The molecule has 2 aliphatic rings. The van der Waals surface area contributed by atoms with Crippen LogP contribution in [0.2, 0.25) is 0 Å². The molecule has 0 aromatic carbocycles. The van der Waals surface area contributed by atoms with Crippen molar-refractivity contribution < 1.29 is 0 Å². The van der Waals surface area contributed by atoms with Crippen molar-refractivity contribution in [3.05, 3.63) is 0 Å². The van der Waals surface area contributed by atoms with Crippen molar-refractivity contribution in [3.63, 3.8) is 0 Å². The molecule has 2 fully saturated rings. The molecule has 0 bridgehead atoms. The van der Waals surface area contributed by atoms with Crippen molar-refractivity contribution in [3.8, 4) is 0 Å². The maximum absolute atomic E-state index is 3.55. The Bertz CT molecular complexity index is 122. The first-order chi connectivity index (χ1) is 4.92. The summed E-state index contributed by atoms with van der Waals surface area (Å²) < 4.78 is 0. The molecule has 2 rings (SSSR count). The van der Waals surface area contributed by atoms with Crippen LogP contribution in [0.15, 0.2) is 0 Å². The minimum atomic E-state index is 0.900. The molecule has 0 radical (unpaired) electrons. The molecular weight excluding hydrogens is 122 g/mol. The number of hydrogen-bond donors (Lipinski definition) is 1. The van der Waals surface area contributed by atoms with Crippen LogP contribution in [0.25, 0.3) is 0 Å². The van der Waals surface area contributed by atoms with E-state index in [9.17, 15) is 0 Å². The molecule has 58 valence electrons. The third-order valence-electron chi connectivity index (χ3n) is 3.26. The summed E-state index contributed by atoms with van der Waals surface area (Å²) in [5.74, 6) is 2.18. The molecule has 2 aliphatic carbocycles. The van der Waals surface area contributed by atoms with E-state index < -0.39 is 0 Å². The van der Waals surface area contributed by atoms with Crippen LogP contribution in [0.4, 0.5) is 0 Å². The van der Waals surface area contributed by atoms with Gasteiger partial charge in [0.2, 0.25) is 0 Å². The highest BCUT2D eigenvalue weighted by molar-refractivity contribution is 4.97. The molecule has 3 atom stereocenters. The molecule has 1 heteroatoms. The molecular formula is C9H17N. The van der Waals surface area contributed by atoms with E-state index in [4.69, 9.17) is 0 Å². The molecule has 0 aromatic heterocycles. The van der Waals surface area contributed by atoms with E-state index in [1.54, 1.807) is 0 Å². The van der Waals surface area contributed by atoms with Crippen molar-refractivity contribution >= 4 is 0 Å². The van der Waals surface area contributed by atoms with Crippen LogP contribution in [-0.2, 0) is 0 Å². The zero-order chi connectivity index (χ0) is 6.97. The first-order valence-corrected chi connectivity index (χ1v) is 4.65. The van der Waals surface area contributed by atoms with Gasteiger partial charge in [-0.2, -0.15) is 0 Å². The van der Waals surface area contributed by atoms with Gasteiger partial charge < -0.3 is 5.32 Å². The summed E-state index contributed by atoms with van der Waals surface area (Å²) in [5, 5.41) is 3.55. The fourth-order valence-electron chi connectivity index (χ4n) is 2.69. The molecule has 0 saturated heterocycles. The molecule has 1 nitrogen and oxygen atoms in total. The molecule has 0 amide bonds. The summed E-state index contributed by atoms with van der Waals surface area (Å²) >= 11 is 0. The van der Waals surface area contributed by atoms with E-state index in [-0.39, 0.29) is 0 Å². The van der Waals surface area contributed by atoms with E-state index in [1.165, 1.54) is 25.7 Å². The lowest BCUT2D eigenvalue weighted by Crippen LogP contribution is -2.47. The third kappa shape index (κ3) is 0.878. The van der Waals surface area contributed by atoms with Crippen LogP contribution in [0, 0.1) is 11.8 Å². The van der Waals surface area contributed by atoms with Gasteiger partial charge in [-0.25, -0.2) is 0 Å². The van der Waals surface area contributed by atoms with Crippen molar-refractivity contribution in [1.29, 1.82) is 0 Å². The SMILES string of the molecule is CCNC1CC2CCCC21. The van der Waals surface area contributed by atoms with E-state index in [0.717, 1.165) is 24.4 Å². The Labute approximate surface area is 63.2 Å². The first kappa shape index (κ1) is 6.66. The largest absolute Gasteiger partial charge is 0.314 e. The predicted molar refractivity (Wildman–Crippen MR) is 42.9 cm³/mol. The highest BCUT2D eigenvalue weighted by Gasteiger charge is 2.42. The smallest absolute Gasteiger partial charge is 0.0101 e. The van der Waals surface area contributed by atoms with Crippen molar-refractivity contribution in [1.82, 2.24) is 5.32 Å². The summed E-state index contributed by atoms with van der Waals surface area (Å²) in [6.07, 6.45) is 5.99. The fourth-order valence-corrected chi connectivity index (χ4v) is 2.69. The van der Waals surface area contributed by atoms with Crippen LogP contribution in [0.5, 0.6) is 0 Å². The fraction of sp³-hybridized carbons (Fsp3) is 1.00. The Morgan fingerprint density at radius 2 is 2.30 bits per heavy atom. The Hall–Kier alpha value is -0.0400. The van der Waals surface area contributed by atoms with E-state index >= 15 is 0 Å². The molecule has 1 N–H and O–H groups in total. The number of hydrogen-bond acceptors (Lipinski definition) is 1. The van der Waals surface area contributed by atoms with Crippen LogP contribution in [0.1, 0.15) is 32.6 Å². The summed E-state index contributed by atoms with van der Waals surface area (Å²) in [4.78, 5) is 0. The van der Waals surface area contributed by atoms with E-state index in [0.29, 0.717) is 0 Å². The Morgan fingerprint density at radius 1 is 1.40 bits per heavy atom. The van der Waals surface area contributed by atoms with Crippen LogP contribution < -0.4 is 5.32 Å². The maximum Gasteiger partial charge on any atom is 0.0101 e. The lowest BCUT2D eigenvalue weighted by atomic mass is 9.71. The number of nitrogens with one attached hydrogen (secondary N) is 1. The number of fused-ring (bicyclic) bond motifs is 1. The van der Waals surface area contributed by atoms with Gasteiger partial charge in [0.25, 0.3) is 0 Å². The molecule has 0 spiro atoms. The maximum atomic E-state index is 3.55. The van der Waals surface area contributed by atoms with Crippen LogP contribution in [-0.4, -0.2) is 12.6 Å². The van der Waals surface area contributed by atoms with E-state index in [2.05, 4.69) is 12.2 Å². The van der Waals surface area contributed by atoms with Gasteiger partial charge in [-0.1, -0.05) is 19.8 Å². The summed E-state index contributed by atoms with van der Waals surface area (Å²) in [6, 6.07) is 0.900. The summed E-state index contributed by atoms with van der Waals surface area (Å²) in [7, 11) is 0. The minimum absolute atomic E-state index is 0.900. The highest BCUT2D eigenvalue weighted by Crippen LogP contribution is 2.46. The van der Waals surface area contributed by atoms with Gasteiger partial charge in [-0.3, -0.25) is 0 Å². The van der Waals surface area contributed by atoms with Gasteiger partial charge in [-0.15, -0.1) is 0 Å². The van der Waals surface area contributed by atoms with Gasteiger partial charge in [0, 0.05) is 6.04 Å². The predicted octanol–water partition coefficient (Wildman–Crippen LogP) is 1.78. The Kier molecular flexibility index (Phi) is 1.69. The zero-order valence-electron chi connectivity index (χ0n) is 6.77. The van der Waals surface area contributed by atoms with Crippen LogP contribution >= 0.6 is 0 Å². The molecule has 0 heterocycles. The van der Waals surface area contributed by atoms with Gasteiger partial charge in [0.15, 0.2) is 0 Å². The molecule has 0 aliphatic heterocycles. The standard InChI is InChI=1S/C9H17N/c1-2-10-9-6-7-4-3-5-8(7)9/h7-10H,2-6H2,1H3. The molecule has 0 aromatic rings. The van der Waals surface area contributed by atoms with E-state index in [1.807, 2.05) is 0 Å². The second-order valence-electron chi connectivity index (χ2n) is 3.75. The monoisotopic (exact) mass is 139 g/mol. The third-order valence-corrected chi connectivity index (χ3v) is 3.26. The van der Waals surface area contributed by atoms with Crippen LogP contribution in [0.3, 0.4) is 0 Å². The lowest BCUT2D eigenvalue weighted by Gasteiger charge is -2.41. The average Bonchev–Trinajstić information content (AvgIpc) is 2.26. The quantitative estimate of drug-likeness (QED) is 0.615. The van der Waals surface area contributed by atoms with Gasteiger partial charge in [0.1, 0.15) is 0 Å². The van der Waals surface area contributed by atoms with Crippen molar-refractivity contribution in [2.75, 3.05) is 6.54 Å². The highest BCUT2D eigenvalue weighted by atomic mass is 14.9. The summed E-state index contributed by atoms with van der Waals surface area (Å²) in [5.41, 5.74) is 0. The molecule has 3 unspecified atom stereocenters. The van der Waals surface area contributed by atoms with Crippen molar-refractivity contribution in [2.24, 2.45) is 11.8 Å². The average molecular weight is 139 g/mol. The second kappa shape index (κ2) is 2.54. The van der Waals surface area contributed by atoms with Gasteiger partial charge in [-0.05, 0) is 31.2 Å². The van der Waals surface area contributed by atoms with Gasteiger partial charge >= 0.3 is 0 Å². The minimum Gasteiger partial charge on any atom is -0.314 e. The second-order valence-corrected chi connectivity index (χ2v) is 3.75. The topological polar surface area (TPSA) is 12.0 Å². The zero-order valence-corrected chi connectivity index (χ0v) is 6.77. The lowest BCUT2D eigenvalue weighted by molar-refractivity contribution is 0.140. The van der Waals surface area contributed by atoms with Crippen molar-refractivity contribution in [2.45, 2.75) is 38.6 Å². The molecule has 10 heavy (non-hydrogen) atoms. The summed E-state index contributed by atoms with van der Waals surface area (Å²) in [6.45, 7) is 3.37. The molecule has 2 saturated carbocycles.